The van der Waals surface area contributed by atoms with Crippen molar-refractivity contribution in [3.63, 3.8) is 0 Å². The van der Waals surface area contributed by atoms with Gasteiger partial charge in [-0.2, -0.15) is 0 Å². The molecule has 0 aliphatic rings. The molecular weight excluding hydrogens is 157 g/mol. The first-order chi connectivity index (χ1) is 4.18. The van der Waals surface area contributed by atoms with Crippen LogP contribution in [-0.2, 0) is 0 Å². The summed E-state index contributed by atoms with van der Waals surface area (Å²) in [7, 11) is 3.78. The molecule has 0 amide bonds. The number of halogens is 2. The van der Waals surface area contributed by atoms with Crippen LogP contribution in [0.25, 0.3) is 0 Å². The molecule has 0 aliphatic heterocycles. The van der Waals surface area contributed by atoms with Gasteiger partial charge in [0, 0.05) is 0 Å². The fraction of sp³-hybridized carbons (Fsp3) is 0.667. The third-order valence-corrected chi connectivity index (χ3v) is 1.68. The van der Waals surface area contributed by atoms with Gasteiger partial charge in [-0.05, 0) is 14.1 Å². The van der Waals surface area contributed by atoms with Crippen LogP contribution in [-0.4, -0.2) is 30.4 Å². The minimum absolute atomic E-state index is 0.0262. The van der Waals surface area contributed by atoms with E-state index < -0.39 is 0 Å². The fourth-order valence-electron chi connectivity index (χ4n) is 0.138. The number of rotatable bonds is 2. The molecule has 0 rings (SSSR count). The molecule has 3 heteroatoms. The summed E-state index contributed by atoms with van der Waals surface area (Å²) in [6.07, 6.45) is 0. The van der Waals surface area contributed by atoms with Gasteiger partial charge in [0.1, 0.15) is 0 Å². The Morgan fingerprint density at radius 2 is 1.78 bits per heavy atom. The maximum absolute atomic E-state index is 5.59. The first kappa shape index (κ1) is 12.0. The minimum Gasteiger partial charge on any atom is -0.293 e. The smallest absolute Gasteiger partial charge is 0.0982 e. The van der Waals surface area contributed by atoms with Gasteiger partial charge in [-0.3, -0.25) is 4.90 Å². The van der Waals surface area contributed by atoms with E-state index >= 15 is 0 Å². The Labute approximate surface area is 67.2 Å². The van der Waals surface area contributed by atoms with E-state index in [9.17, 15) is 0 Å². The van der Waals surface area contributed by atoms with Crippen molar-refractivity contribution in [2.75, 3.05) is 20.0 Å². The quantitative estimate of drug-likeness (QED) is 0.348. The monoisotopic (exact) mass is 169 g/mol. The number of hydrogen-bond acceptors (Lipinski definition) is 1. The van der Waals surface area contributed by atoms with Gasteiger partial charge >= 0.3 is 0 Å². The Balaban J connectivity index is 0. The van der Waals surface area contributed by atoms with E-state index in [1.165, 1.54) is 0 Å². The van der Waals surface area contributed by atoms with Gasteiger partial charge in [-0.1, -0.05) is 0 Å². The Morgan fingerprint density at radius 3 is 1.78 bits per heavy atom. The van der Waals surface area contributed by atoms with E-state index in [2.05, 4.69) is 13.2 Å². The van der Waals surface area contributed by atoms with Crippen molar-refractivity contribution in [1.29, 1.82) is 0 Å². The molecule has 0 aromatic rings. The molecule has 0 saturated carbocycles. The van der Waals surface area contributed by atoms with Crippen LogP contribution in [0.4, 0.5) is 0 Å². The first-order valence-electron chi connectivity index (χ1n) is 2.55. The highest BCUT2D eigenvalue weighted by atomic mass is 35.5. The van der Waals surface area contributed by atoms with Gasteiger partial charge in [0.25, 0.3) is 0 Å². The van der Waals surface area contributed by atoms with Gasteiger partial charge in [-0.15, -0.1) is 36.4 Å². The van der Waals surface area contributed by atoms with Crippen molar-refractivity contribution >= 4 is 23.2 Å². The van der Waals surface area contributed by atoms with Crippen molar-refractivity contribution in [3.05, 3.63) is 13.2 Å². The first-order valence-corrected chi connectivity index (χ1v) is 3.52. The lowest BCUT2D eigenvalue weighted by atomic mass is 10.7. The summed E-state index contributed by atoms with van der Waals surface area (Å²) >= 11 is 11.0. The van der Waals surface area contributed by atoms with E-state index in [4.69, 9.17) is 23.2 Å². The average molecular weight is 170 g/mol. The zero-order valence-electron chi connectivity index (χ0n) is 5.90. The standard InChI is InChI=1S/C4H9Cl2N.C2H4/c1-7(2)4(6)3-5;1-2/h4H,3H2,1-2H3;1-2H2. The van der Waals surface area contributed by atoms with Crippen LogP contribution in [0.5, 0.6) is 0 Å². The van der Waals surface area contributed by atoms with E-state index in [1.54, 1.807) is 0 Å². The molecule has 1 atom stereocenters. The van der Waals surface area contributed by atoms with Crippen LogP contribution < -0.4 is 0 Å². The van der Waals surface area contributed by atoms with E-state index in [1.807, 2.05) is 19.0 Å². The van der Waals surface area contributed by atoms with Crippen LogP contribution in [0.1, 0.15) is 0 Å². The molecule has 0 N–H and O–H groups in total. The lowest BCUT2D eigenvalue weighted by Crippen LogP contribution is -2.23. The van der Waals surface area contributed by atoms with Gasteiger partial charge in [0.05, 0.1) is 11.4 Å². The molecule has 1 unspecified atom stereocenters. The molecular formula is C6H13Cl2N. The Morgan fingerprint density at radius 1 is 1.44 bits per heavy atom. The summed E-state index contributed by atoms with van der Waals surface area (Å²) in [5, 5.41) is 0. The van der Waals surface area contributed by atoms with Crippen molar-refractivity contribution in [1.82, 2.24) is 4.90 Å². The molecule has 0 fully saturated rings. The second-order valence-corrected chi connectivity index (χ2v) is 2.36. The highest BCUT2D eigenvalue weighted by Gasteiger charge is 2.01. The topological polar surface area (TPSA) is 3.24 Å². The molecule has 9 heavy (non-hydrogen) atoms. The Bertz CT molecular complexity index is 57.0. The van der Waals surface area contributed by atoms with E-state index in [0.717, 1.165) is 0 Å². The highest BCUT2D eigenvalue weighted by molar-refractivity contribution is 6.27. The van der Waals surface area contributed by atoms with Gasteiger partial charge < -0.3 is 0 Å². The van der Waals surface area contributed by atoms with Crippen LogP contribution >= 0.6 is 23.2 Å². The van der Waals surface area contributed by atoms with Crippen LogP contribution in [0, 0.1) is 0 Å². The normalized spacial score (nSPS) is 12.1. The predicted molar refractivity (Wildman–Crippen MR) is 45.3 cm³/mol. The summed E-state index contributed by atoms with van der Waals surface area (Å²) < 4.78 is 0. The molecule has 0 spiro atoms. The van der Waals surface area contributed by atoms with Crippen LogP contribution in [0.2, 0.25) is 0 Å². The largest absolute Gasteiger partial charge is 0.293 e. The second-order valence-electron chi connectivity index (χ2n) is 1.55. The molecule has 0 aliphatic carbocycles. The van der Waals surface area contributed by atoms with Crippen LogP contribution in [0.15, 0.2) is 13.2 Å². The minimum atomic E-state index is -0.0262. The second kappa shape index (κ2) is 8.28. The summed E-state index contributed by atoms with van der Waals surface area (Å²) in [5.74, 6) is 0.481. The van der Waals surface area contributed by atoms with Crippen molar-refractivity contribution in [2.24, 2.45) is 0 Å². The lowest BCUT2D eigenvalue weighted by molar-refractivity contribution is 0.399. The fourth-order valence-corrected chi connectivity index (χ4v) is 0.414. The molecule has 56 valence electrons. The molecule has 0 radical (unpaired) electrons. The summed E-state index contributed by atoms with van der Waals surface area (Å²) in [6.45, 7) is 6.00. The lowest BCUT2D eigenvalue weighted by Gasteiger charge is -2.12. The zero-order valence-corrected chi connectivity index (χ0v) is 7.41. The van der Waals surface area contributed by atoms with E-state index in [0.29, 0.717) is 5.88 Å². The molecule has 0 aromatic heterocycles. The van der Waals surface area contributed by atoms with Crippen molar-refractivity contribution < 1.29 is 0 Å². The Kier molecular flexibility index (Phi) is 11.0. The van der Waals surface area contributed by atoms with Gasteiger partial charge in [0.15, 0.2) is 0 Å². The third-order valence-electron chi connectivity index (χ3n) is 0.688. The molecule has 1 nitrogen and oxygen atoms in total. The molecule has 0 bridgehead atoms. The third kappa shape index (κ3) is 8.28. The summed E-state index contributed by atoms with van der Waals surface area (Å²) in [4.78, 5) is 1.86. The molecule has 0 saturated heterocycles. The van der Waals surface area contributed by atoms with Crippen molar-refractivity contribution in [2.45, 2.75) is 5.50 Å². The number of hydrogen-bond donors (Lipinski definition) is 0. The number of alkyl halides is 2. The van der Waals surface area contributed by atoms with Crippen molar-refractivity contribution in [3.8, 4) is 0 Å². The number of nitrogens with zero attached hydrogens (tertiary/aromatic N) is 1. The van der Waals surface area contributed by atoms with Gasteiger partial charge in [-0.25, -0.2) is 0 Å². The Hall–Kier alpha value is 0.280. The SMILES string of the molecule is C=C.CN(C)C(Cl)CCl. The summed E-state index contributed by atoms with van der Waals surface area (Å²) in [5.41, 5.74) is -0.0262. The predicted octanol–water partition coefficient (Wildman–Crippen LogP) is 2.15. The van der Waals surface area contributed by atoms with Gasteiger partial charge in [0.2, 0.25) is 0 Å². The highest BCUT2D eigenvalue weighted by Crippen LogP contribution is 1.99. The molecule has 0 heterocycles. The zero-order chi connectivity index (χ0) is 7.86. The van der Waals surface area contributed by atoms with E-state index in [-0.39, 0.29) is 5.50 Å². The average Bonchev–Trinajstić information content (AvgIpc) is 1.91. The van der Waals surface area contributed by atoms with Crippen LogP contribution in [0.3, 0.4) is 0 Å². The maximum Gasteiger partial charge on any atom is 0.0982 e. The molecule has 0 aromatic carbocycles. The summed E-state index contributed by atoms with van der Waals surface area (Å²) in [6, 6.07) is 0. The maximum atomic E-state index is 5.59.